The Morgan fingerprint density at radius 2 is 2.15 bits per heavy atom. The molecule has 1 aliphatic heterocycles. The Morgan fingerprint density at radius 1 is 1.38 bits per heavy atom. The Kier molecular flexibility index (Phi) is 4.24. The van der Waals surface area contributed by atoms with E-state index in [0.29, 0.717) is 5.54 Å². The van der Waals surface area contributed by atoms with Crippen LogP contribution >= 0.6 is 0 Å². The molecule has 0 saturated carbocycles. The second kappa shape index (κ2) is 4.99. The Balaban J connectivity index is 2.23. The van der Waals surface area contributed by atoms with Crippen LogP contribution in [0.25, 0.3) is 0 Å². The van der Waals surface area contributed by atoms with Gasteiger partial charge >= 0.3 is 0 Å². The zero-order valence-electron chi connectivity index (χ0n) is 9.53. The second-order valence-electron chi connectivity index (χ2n) is 4.95. The van der Waals surface area contributed by atoms with Gasteiger partial charge < -0.3 is 5.32 Å². The third-order valence-corrected chi connectivity index (χ3v) is 3.45. The molecule has 1 atom stereocenters. The molecule has 0 radical (unpaired) electrons. The summed E-state index contributed by atoms with van der Waals surface area (Å²) < 4.78 is 0. The summed E-state index contributed by atoms with van der Waals surface area (Å²) in [6.07, 6.45) is 8.28. The summed E-state index contributed by atoms with van der Waals surface area (Å²) in [4.78, 5) is 0. The number of rotatable bonds is 5. The van der Waals surface area contributed by atoms with Crippen LogP contribution in [0.1, 0.15) is 59.3 Å². The molecular weight excluding hydrogens is 158 g/mol. The van der Waals surface area contributed by atoms with Crippen molar-refractivity contribution in [1.82, 2.24) is 5.32 Å². The first kappa shape index (κ1) is 11.0. The minimum absolute atomic E-state index is 0.523. The zero-order chi connectivity index (χ0) is 9.73. The number of nitrogens with one attached hydrogen (secondary N) is 1. The van der Waals surface area contributed by atoms with Gasteiger partial charge in [-0.1, -0.05) is 33.6 Å². The van der Waals surface area contributed by atoms with E-state index in [1.807, 2.05) is 0 Å². The fraction of sp³-hybridized carbons (Fsp3) is 1.00. The van der Waals surface area contributed by atoms with Crippen LogP contribution in [-0.4, -0.2) is 12.1 Å². The van der Waals surface area contributed by atoms with Crippen molar-refractivity contribution in [3.8, 4) is 0 Å². The van der Waals surface area contributed by atoms with E-state index >= 15 is 0 Å². The van der Waals surface area contributed by atoms with Crippen LogP contribution in [0.5, 0.6) is 0 Å². The SMILES string of the molecule is CCC1(CCCC(C)C)CCCN1. The lowest BCUT2D eigenvalue weighted by atomic mass is 9.87. The molecule has 1 saturated heterocycles. The molecule has 1 rings (SSSR count). The van der Waals surface area contributed by atoms with Crippen LogP contribution in [0, 0.1) is 5.92 Å². The zero-order valence-corrected chi connectivity index (χ0v) is 9.53. The van der Waals surface area contributed by atoms with Gasteiger partial charge in [0.05, 0.1) is 0 Å². The van der Waals surface area contributed by atoms with Gasteiger partial charge in [-0.3, -0.25) is 0 Å². The normalized spacial score (nSPS) is 28.6. The number of hydrogen-bond donors (Lipinski definition) is 1. The lowest BCUT2D eigenvalue weighted by Gasteiger charge is -2.28. The highest BCUT2D eigenvalue weighted by molar-refractivity contribution is 4.91. The van der Waals surface area contributed by atoms with Gasteiger partial charge in [0.25, 0.3) is 0 Å². The van der Waals surface area contributed by atoms with Crippen LogP contribution in [0.2, 0.25) is 0 Å². The molecule has 13 heavy (non-hydrogen) atoms. The molecule has 1 unspecified atom stereocenters. The molecule has 1 fully saturated rings. The maximum atomic E-state index is 3.69. The third kappa shape index (κ3) is 3.30. The molecule has 0 spiro atoms. The van der Waals surface area contributed by atoms with Crippen LogP contribution in [0.15, 0.2) is 0 Å². The predicted molar refractivity (Wildman–Crippen MR) is 58.9 cm³/mol. The van der Waals surface area contributed by atoms with Crippen molar-refractivity contribution >= 4 is 0 Å². The predicted octanol–water partition coefficient (Wildman–Crippen LogP) is 3.34. The highest BCUT2D eigenvalue weighted by Gasteiger charge is 2.30. The largest absolute Gasteiger partial charge is 0.311 e. The molecule has 0 aromatic rings. The van der Waals surface area contributed by atoms with Crippen LogP contribution in [0.3, 0.4) is 0 Å². The van der Waals surface area contributed by atoms with Gasteiger partial charge in [0, 0.05) is 5.54 Å². The van der Waals surface area contributed by atoms with Crippen molar-refractivity contribution in [3.63, 3.8) is 0 Å². The third-order valence-electron chi connectivity index (χ3n) is 3.45. The molecule has 0 aliphatic carbocycles. The second-order valence-corrected chi connectivity index (χ2v) is 4.95. The van der Waals surface area contributed by atoms with Gasteiger partial charge in [0.1, 0.15) is 0 Å². The van der Waals surface area contributed by atoms with Crippen LogP contribution < -0.4 is 5.32 Å². The molecule has 1 N–H and O–H groups in total. The first-order valence-electron chi connectivity index (χ1n) is 5.93. The molecule has 0 amide bonds. The molecular formula is C12H25N. The van der Waals surface area contributed by atoms with Crippen molar-refractivity contribution < 1.29 is 0 Å². The van der Waals surface area contributed by atoms with Gasteiger partial charge in [0.15, 0.2) is 0 Å². The van der Waals surface area contributed by atoms with E-state index in [1.165, 1.54) is 45.1 Å². The summed E-state index contributed by atoms with van der Waals surface area (Å²) in [6.45, 7) is 8.21. The lowest BCUT2D eigenvalue weighted by Crippen LogP contribution is -2.38. The summed E-state index contributed by atoms with van der Waals surface area (Å²) >= 11 is 0. The first-order chi connectivity index (χ1) is 6.18. The van der Waals surface area contributed by atoms with E-state index in [9.17, 15) is 0 Å². The van der Waals surface area contributed by atoms with Crippen molar-refractivity contribution in [2.75, 3.05) is 6.54 Å². The average molecular weight is 183 g/mol. The standard InChI is InChI=1S/C12H25N/c1-4-12(9-6-10-13-12)8-5-7-11(2)3/h11,13H,4-10H2,1-3H3. The quantitative estimate of drug-likeness (QED) is 0.689. The first-order valence-corrected chi connectivity index (χ1v) is 5.93. The minimum atomic E-state index is 0.523. The monoisotopic (exact) mass is 183 g/mol. The van der Waals surface area contributed by atoms with Crippen LogP contribution in [-0.2, 0) is 0 Å². The van der Waals surface area contributed by atoms with Crippen molar-refractivity contribution in [2.45, 2.75) is 64.8 Å². The van der Waals surface area contributed by atoms with Gasteiger partial charge in [-0.05, 0) is 38.1 Å². The molecule has 1 heterocycles. The van der Waals surface area contributed by atoms with Gasteiger partial charge in [-0.15, -0.1) is 0 Å². The lowest BCUT2D eigenvalue weighted by molar-refractivity contribution is 0.316. The van der Waals surface area contributed by atoms with E-state index < -0.39 is 0 Å². The fourth-order valence-corrected chi connectivity index (χ4v) is 2.41. The van der Waals surface area contributed by atoms with E-state index in [2.05, 4.69) is 26.1 Å². The molecule has 1 aliphatic rings. The summed E-state index contributed by atoms with van der Waals surface area (Å²) in [5.74, 6) is 0.871. The van der Waals surface area contributed by atoms with Gasteiger partial charge in [0.2, 0.25) is 0 Å². The minimum Gasteiger partial charge on any atom is -0.311 e. The summed E-state index contributed by atoms with van der Waals surface area (Å²) in [5.41, 5.74) is 0.523. The highest BCUT2D eigenvalue weighted by atomic mass is 15.0. The maximum Gasteiger partial charge on any atom is 0.0179 e. The Hall–Kier alpha value is -0.0400. The molecule has 78 valence electrons. The van der Waals surface area contributed by atoms with E-state index in [-0.39, 0.29) is 0 Å². The molecule has 0 aromatic heterocycles. The van der Waals surface area contributed by atoms with Gasteiger partial charge in [-0.25, -0.2) is 0 Å². The maximum absolute atomic E-state index is 3.69. The Bertz CT molecular complexity index is 134. The van der Waals surface area contributed by atoms with E-state index in [0.717, 1.165) is 5.92 Å². The summed E-state index contributed by atoms with van der Waals surface area (Å²) in [6, 6.07) is 0. The van der Waals surface area contributed by atoms with Crippen molar-refractivity contribution in [3.05, 3.63) is 0 Å². The average Bonchev–Trinajstić information content (AvgIpc) is 2.53. The molecule has 1 heteroatoms. The smallest absolute Gasteiger partial charge is 0.0179 e. The van der Waals surface area contributed by atoms with Crippen molar-refractivity contribution in [1.29, 1.82) is 0 Å². The highest BCUT2D eigenvalue weighted by Crippen LogP contribution is 2.28. The Morgan fingerprint density at radius 3 is 2.62 bits per heavy atom. The fourth-order valence-electron chi connectivity index (χ4n) is 2.41. The van der Waals surface area contributed by atoms with E-state index in [1.54, 1.807) is 0 Å². The van der Waals surface area contributed by atoms with Gasteiger partial charge in [-0.2, -0.15) is 0 Å². The van der Waals surface area contributed by atoms with Crippen LogP contribution in [0.4, 0.5) is 0 Å². The topological polar surface area (TPSA) is 12.0 Å². The number of hydrogen-bond acceptors (Lipinski definition) is 1. The van der Waals surface area contributed by atoms with Crippen molar-refractivity contribution in [2.24, 2.45) is 5.92 Å². The Labute approximate surface area is 83.3 Å². The summed E-state index contributed by atoms with van der Waals surface area (Å²) in [5, 5.41) is 3.69. The van der Waals surface area contributed by atoms with E-state index in [4.69, 9.17) is 0 Å². The molecule has 0 aromatic carbocycles. The molecule has 0 bridgehead atoms. The molecule has 1 nitrogen and oxygen atoms in total. The summed E-state index contributed by atoms with van der Waals surface area (Å²) in [7, 11) is 0.